The van der Waals surface area contributed by atoms with Gasteiger partial charge in [0.15, 0.2) is 5.82 Å². The number of aliphatic hydroxyl groups is 4. The molecule has 0 bridgehead atoms. The summed E-state index contributed by atoms with van der Waals surface area (Å²) in [4.78, 5) is 56.9. The van der Waals surface area contributed by atoms with Gasteiger partial charge in [-0.15, -0.1) is 0 Å². The maximum atomic E-state index is 14.8. The SMILES string of the molecule is O=C(O)c1ccc(NC(=O)[C@@H]2c3cccc(C4=CCN(C[C@H](O)[C@@H](O)[C@H](O)CO)CC4)c3CCN2C(=O)C2CC(c3cccc(Cl)c3F)=NO2)cc1.O=CO. The van der Waals surface area contributed by atoms with Crippen molar-refractivity contribution >= 4 is 52.8 Å². The van der Waals surface area contributed by atoms with E-state index in [1.807, 2.05) is 23.1 Å². The van der Waals surface area contributed by atoms with Gasteiger partial charge >= 0.3 is 5.97 Å². The Labute approximate surface area is 319 Å². The number of anilines is 1. The van der Waals surface area contributed by atoms with Crippen LogP contribution in [0.3, 0.4) is 0 Å². The maximum Gasteiger partial charge on any atom is 0.335 e. The van der Waals surface area contributed by atoms with Crippen LogP contribution in [0.5, 0.6) is 0 Å². The molecule has 0 saturated heterocycles. The summed E-state index contributed by atoms with van der Waals surface area (Å²) < 4.78 is 14.8. The largest absolute Gasteiger partial charge is 0.483 e. The number of nitrogens with one attached hydrogen (secondary N) is 1. The van der Waals surface area contributed by atoms with E-state index in [1.54, 1.807) is 12.1 Å². The monoisotopic (exact) mass is 782 g/mol. The Hall–Kier alpha value is -5.23. The van der Waals surface area contributed by atoms with Crippen molar-refractivity contribution in [2.24, 2.45) is 5.16 Å². The summed E-state index contributed by atoms with van der Waals surface area (Å²) in [7, 11) is 0. The number of halogens is 2. The molecule has 0 fully saturated rings. The maximum absolute atomic E-state index is 14.8. The molecule has 5 atom stereocenters. The Balaban J connectivity index is 0.00000187. The highest BCUT2D eigenvalue weighted by Crippen LogP contribution is 2.38. The van der Waals surface area contributed by atoms with Gasteiger partial charge in [-0.25, -0.2) is 9.18 Å². The zero-order chi connectivity index (χ0) is 39.8. The number of rotatable bonds is 11. The van der Waals surface area contributed by atoms with Crippen molar-refractivity contribution in [2.45, 2.75) is 49.7 Å². The third-order valence-corrected chi connectivity index (χ3v) is 9.91. The predicted molar refractivity (Wildman–Crippen MR) is 197 cm³/mol. The fourth-order valence-corrected chi connectivity index (χ4v) is 7.01. The van der Waals surface area contributed by atoms with Crippen LogP contribution >= 0.6 is 11.6 Å². The number of aromatic carboxylic acids is 1. The molecule has 6 rings (SSSR count). The van der Waals surface area contributed by atoms with Crippen molar-refractivity contribution in [3.8, 4) is 0 Å². The van der Waals surface area contributed by atoms with Crippen LogP contribution in [-0.2, 0) is 25.6 Å². The van der Waals surface area contributed by atoms with E-state index in [-0.39, 0.29) is 47.8 Å². The first-order chi connectivity index (χ1) is 26.4. The van der Waals surface area contributed by atoms with Crippen LogP contribution in [0.25, 0.3) is 5.57 Å². The fraction of sp³-hybridized carbons (Fsp3) is 0.342. The van der Waals surface area contributed by atoms with Gasteiger partial charge in [0.2, 0.25) is 6.10 Å². The molecule has 3 aliphatic heterocycles. The number of oxime groups is 1. The number of carboxylic acids is 1. The van der Waals surface area contributed by atoms with Crippen LogP contribution in [0, 0.1) is 5.82 Å². The van der Waals surface area contributed by atoms with Gasteiger partial charge in [-0.3, -0.25) is 19.3 Å². The van der Waals surface area contributed by atoms with Crippen LogP contribution in [-0.4, -0.2) is 128 Å². The smallest absolute Gasteiger partial charge is 0.335 e. The second-order valence-corrected chi connectivity index (χ2v) is 13.4. The second-order valence-electron chi connectivity index (χ2n) is 13.0. The molecule has 0 aliphatic carbocycles. The Morgan fingerprint density at radius 3 is 2.35 bits per heavy atom. The molecule has 3 heterocycles. The minimum absolute atomic E-state index is 0.0422. The molecule has 3 aliphatic rings. The molecule has 0 radical (unpaired) electrons. The number of nitrogens with zero attached hydrogens (tertiary/aromatic N) is 3. The van der Waals surface area contributed by atoms with Crippen molar-refractivity contribution in [2.75, 3.05) is 38.1 Å². The molecule has 0 spiro atoms. The molecule has 0 saturated carbocycles. The molecule has 3 aromatic carbocycles. The molecular formula is C38H40ClFN4O11. The van der Waals surface area contributed by atoms with E-state index in [4.69, 9.17) is 31.4 Å². The number of hydrogen-bond acceptors (Lipinski definition) is 11. The zero-order valence-electron chi connectivity index (χ0n) is 29.3. The van der Waals surface area contributed by atoms with Gasteiger partial charge in [0.1, 0.15) is 18.2 Å². The highest BCUT2D eigenvalue weighted by molar-refractivity contribution is 6.31. The van der Waals surface area contributed by atoms with Crippen molar-refractivity contribution < 1.29 is 59.0 Å². The number of carbonyl (C=O) groups excluding carboxylic acids is 2. The van der Waals surface area contributed by atoms with Crippen LogP contribution in [0.1, 0.15) is 51.5 Å². The van der Waals surface area contributed by atoms with Gasteiger partial charge in [-0.2, -0.15) is 0 Å². The molecular weight excluding hydrogens is 743 g/mol. The van der Waals surface area contributed by atoms with Crippen molar-refractivity contribution in [3.63, 3.8) is 0 Å². The summed E-state index contributed by atoms with van der Waals surface area (Å²) in [6.07, 6.45) is -2.40. The van der Waals surface area contributed by atoms with E-state index in [1.165, 1.54) is 41.3 Å². The standard InChI is InChI=1S/C37H38ClFN4O9.CH2O2/c38-27-6-2-5-26(32(27)39)28-17-31(52-41-28)36(49)43-16-13-24-23(20-11-14-42(15-12-20)18-29(45)34(47)30(46)19-44)3-1-4-25(24)33(43)35(48)40-22-9-7-21(8-10-22)37(50)51;2-1-3/h1-11,29-31,33-34,44-47H,12-19H2,(H,40,48)(H,50,51);1H,(H,2,3)/t29-,30+,31?,33-,34+;/m0./s1. The third kappa shape index (κ3) is 9.36. The summed E-state index contributed by atoms with van der Waals surface area (Å²) in [5.74, 6) is -2.85. The molecule has 17 heteroatoms. The summed E-state index contributed by atoms with van der Waals surface area (Å²) >= 11 is 5.97. The molecule has 15 nitrogen and oxygen atoms in total. The predicted octanol–water partition coefficient (Wildman–Crippen LogP) is 2.30. The minimum Gasteiger partial charge on any atom is -0.483 e. The van der Waals surface area contributed by atoms with Crippen LogP contribution in [0.15, 0.2) is 71.9 Å². The highest BCUT2D eigenvalue weighted by Gasteiger charge is 2.42. The van der Waals surface area contributed by atoms with Gasteiger partial charge in [-0.05, 0) is 71.5 Å². The lowest BCUT2D eigenvalue weighted by atomic mass is 9.84. The quantitative estimate of drug-likeness (QED) is 0.139. The van der Waals surface area contributed by atoms with Gasteiger partial charge in [0.25, 0.3) is 18.3 Å². The van der Waals surface area contributed by atoms with E-state index in [0.29, 0.717) is 37.2 Å². The number of carboxylic acid groups (broad SMARTS) is 2. The molecule has 7 N–H and O–H groups in total. The molecule has 2 amide bonds. The first-order valence-electron chi connectivity index (χ1n) is 17.3. The van der Waals surface area contributed by atoms with E-state index in [2.05, 4.69) is 10.5 Å². The zero-order valence-corrected chi connectivity index (χ0v) is 30.0. The highest BCUT2D eigenvalue weighted by atomic mass is 35.5. The van der Waals surface area contributed by atoms with Crippen molar-refractivity contribution in [1.82, 2.24) is 9.80 Å². The number of β-amino-alcohol motifs (C(OH)–C–C–N with tert-alkyl or cyclic N) is 1. The Morgan fingerprint density at radius 1 is 1.00 bits per heavy atom. The number of fused-ring (bicyclic) bond motifs is 1. The van der Waals surface area contributed by atoms with Crippen molar-refractivity contribution in [1.29, 1.82) is 0 Å². The molecule has 3 aromatic rings. The Bertz CT molecular complexity index is 1960. The number of benzene rings is 3. The number of amides is 2. The number of aliphatic hydroxyl groups excluding tert-OH is 4. The first kappa shape index (κ1) is 40.9. The van der Waals surface area contributed by atoms with Gasteiger partial charge < -0.3 is 45.7 Å². The average molecular weight is 783 g/mol. The summed E-state index contributed by atoms with van der Waals surface area (Å²) in [5, 5.41) is 62.2. The summed E-state index contributed by atoms with van der Waals surface area (Å²) in [6.45, 7) is 0.278. The minimum atomic E-state index is -1.49. The Kier molecular flexibility index (Phi) is 13.7. The van der Waals surface area contributed by atoms with Crippen molar-refractivity contribution in [3.05, 3.63) is 105 Å². The topological polar surface area (TPSA) is 230 Å². The van der Waals surface area contributed by atoms with Gasteiger partial charge in [-0.1, -0.05) is 47.1 Å². The van der Waals surface area contributed by atoms with E-state index < -0.39 is 60.7 Å². The van der Waals surface area contributed by atoms with Gasteiger partial charge in [0.05, 0.1) is 29.0 Å². The summed E-state index contributed by atoms with van der Waals surface area (Å²) in [6, 6.07) is 14.6. The van der Waals surface area contributed by atoms with Gasteiger partial charge in [0, 0.05) is 43.9 Å². The third-order valence-electron chi connectivity index (χ3n) is 9.62. The Morgan fingerprint density at radius 2 is 1.69 bits per heavy atom. The van der Waals surface area contributed by atoms with E-state index in [9.17, 15) is 39.2 Å². The normalized spacial score (nSPS) is 19.6. The fourth-order valence-electron chi connectivity index (χ4n) is 6.84. The molecule has 292 valence electrons. The molecule has 55 heavy (non-hydrogen) atoms. The lowest BCUT2D eigenvalue weighted by Crippen LogP contribution is -2.49. The lowest BCUT2D eigenvalue weighted by molar-refractivity contribution is -0.148. The van der Waals surface area contributed by atoms with E-state index in [0.717, 1.165) is 16.7 Å². The lowest BCUT2D eigenvalue weighted by Gasteiger charge is -2.38. The average Bonchev–Trinajstić information content (AvgIpc) is 3.68. The van der Waals surface area contributed by atoms with Crippen LogP contribution in [0.4, 0.5) is 10.1 Å². The van der Waals surface area contributed by atoms with Crippen LogP contribution in [0.2, 0.25) is 5.02 Å². The molecule has 1 unspecified atom stereocenters. The second kappa shape index (κ2) is 18.4. The van der Waals surface area contributed by atoms with Crippen LogP contribution < -0.4 is 5.32 Å². The number of hydrogen-bond donors (Lipinski definition) is 7. The summed E-state index contributed by atoms with van der Waals surface area (Å²) in [5.41, 5.74) is 4.08. The number of carbonyl (C=O) groups is 4. The van der Waals surface area contributed by atoms with E-state index >= 15 is 0 Å². The molecule has 0 aromatic heterocycles. The first-order valence-corrected chi connectivity index (χ1v) is 17.6.